The SMILES string of the molecule is CC(N)CO.CC(O)CO.CCC(CO)(CO)CO. The highest BCUT2D eigenvalue weighted by molar-refractivity contribution is 4.74. The van der Waals surface area contributed by atoms with Gasteiger partial charge in [0.05, 0.1) is 39.1 Å². The van der Waals surface area contributed by atoms with E-state index in [2.05, 4.69) is 0 Å². The fourth-order valence-electron chi connectivity index (χ4n) is 0.485. The highest BCUT2D eigenvalue weighted by atomic mass is 16.3. The topological polar surface area (TPSA) is 147 Å². The summed E-state index contributed by atoms with van der Waals surface area (Å²) < 4.78 is 0. The molecule has 2 atom stereocenters. The molecule has 0 aliphatic heterocycles. The molecular formula is C12H31NO6. The molecule has 0 aromatic rings. The number of hydrogen-bond donors (Lipinski definition) is 7. The number of aliphatic hydroxyl groups is 6. The average Bonchev–Trinajstić information content (AvgIpc) is 2.43. The standard InChI is InChI=1S/C6H14O3.C3H9NO.C3H8O2/c1-2-6(3-7,4-8)5-9;1-3(4)2-5;1-3(5)2-4/h7-9H,2-5H2,1H3;3,5H,2,4H2,1H3;3-5H,2H2,1H3. The Bertz CT molecular complexity index is 137. The first-order valence-electron chi connectivity index (χ1n) is 6.27. The molecule has 0 bridgehead atoms. The number of nitrogens with two attached hydrogens (primary N) is 1. The zero-order chi connectivity index (χ0) is 15.9. The summed E-state index contributed by atoms with van der Waals surface area (Å²) in [6.07, 6.45) is 0.0336. The van der Waals surface area contributed by atoms with Crippen molar-refractivity contribution in [3.8, 4) is 0 Å². The van der Waals surface area contributed by atoms with Crippen LogP contribution in [0, 0.1) is 5.41 Å². The molecule has 0 saturated carbocycles. The fourth-order valence-corrected chi connectivity index (χ4v) is 0.485. The molecule has 7 nitrogen and oxygen atoms in total. The van der Waals surface area contributed by atoms with E-state index in [0.29, 0.717) is 6.42 Å². The zero-order valence-electron chi connectivity index (χ0n) is 12.2. The van der Waals surface area contributed by atoms with Gasteiger partial charge in [0, 0.05) is 11.5 Å². The maximum absolute atomic E-state index is 8.66. The molecule has 0 aromatic carbocycles. The van der Waals surface area contributed by atoms with Gasteiger partial charge in [-0.3, -0.25) is 0 Å². The predicted molar refractivity (Wildman–Crippen MR) is 73.5 cm³/mol. The number of hydrogen-bond acceptors (Lipinski definition) is 7. The third kappa shape index (κ3) is 17.7. The molecule has 2 unspecified atom stereocenters. The molecule has 0 rings (SSSR count). The van der Waals surface area contributed by atoms with E-state index in [-0.39, 0.29) is 39.1 Å². The van der Waals surface area contributed by atoms with Crippen molar-refractivity contribution in [1.29, 1.82) is 0 Å². The molecule has 0 aliphatic carbocycles. The van der Waals surface area contributed by atoms with Crippen LogP contribution in [-0.2, 0) is 0 Å². The molecule has 0 saturated heterocycles. The monoisotopic (exact) mass is 285 g/mol. The molecular weight excluding hydrogens is 254 g/mol. The number of aliphatic hydroxyl groups excluding tert-OH is 6. The van der Waals surface area contributed by atoms with Crippen LogP contribution in [0.15, 0.2) is 0 Å². The minimum Gasteiger partial charge on any atom is -0.396 e. The van der Waals surface area contributed by atoms with Gasteiger partial charge in [-0.15, -0.1) is 0 Å². The van der Waals surface area contributed by atoms with Gasteiger partial charge < -0.3 is 36.4 Å². The third-order valence-corrected chi connectivity index (χ3v) is 2.31. The molecule has 0 aliphatic rings. The summed E-state index contributed by atoms with van der Waals surface area (Å²) in [5.41, 5.74) is 4.38. The van der Waals surface area contributed by atoms with Gasteiger partial charge in [0.15, 0.2) is 0 Å². The molecule has 19 heavy (non-hydrogen) atoms. The lowest BCUT2D eigenvalue weighted by Crippen LogP contribution is -2.32. The van der Waals surface area contributed by atoms with E-state index in [1.807, 2.05) is 6.92 Å². The summed E-state index contributed by atoms with van der Waals surface area (Å²) >= 11 is 0. The van der Waals surface area contributed by atoms with E-state index in [1.54, 1.807) is 6.92 Å². The fraction of sp³-hybridized carbons (Fsp3) is 1.00. The van der Waals surface area contributed by atoms with Gasteiger partial charge in [0.1, 0.15) is 0 Å². The molecule has 8 N–H and O–H groups in total. The van der Waals surface area contributed by atoms with Crippen LogP contribution >= 0.6 is 0 Å². The van der Waals surface area contributed by atoms with Gasteiger partial charge in [-0.25, -0.2) is 0 Å². The Labute approximate surface area is 115 Å². The van der Waals surface area contributed by atoms with Crippen LogP contribution in [0.1, 0.15) is 27.2 Å². The van der Waals surface area contributed by atoms with Crippen LogP contribution in [-0.4, -0.2) is 75.8 Å². The van der Waals surface area contributed by atoms with Gasteiger partial charge in [-0.05, 0) is 20.3 Å². The Hall–Kier alpha value is -0.280. The van der Waals surface area contributed by atoms with E-state index < -0.39 is 11.5 Å². The van der Waals surface area contributed by atoms with Crippen LogP contribution in [0.25, 0.3) is 0 Å². The largest absolute Gasteiger partial charge is 0.396 e. The van der Waals surface area contributed by atoms with E-state index in [1.165, 1.54) is 6.92 Å². The van der Waals surface area contributed by atoms with Crippen LogP contribution < -0.4 is 5.73 Å². The first kappa shape index (κ1) is 23.8. The third-order valence-electron chi connectivity index (χ3n) is 2.31. The second-order valence-electron chi connectivity index (χ2n) is 4.52. The maximum Gasteiger partial charge on any atom is 0.0742 e. The minimum absolute atomic E-state index is 0.0602. The normalized spacial score (nSPS) is 13.6. The molecule has 0 radical (unpaired) electrons. The molecule has 0 heterocycles. The van der Waals surface area contributed by atoms with E-state index >= 15 is 0 Å². The summed E-state index contributed by atoms with van der Waals surface area (Å²) in [6, 6.07) is -0.0602. The minimum atomic E-state index is -0.667. The lowest BCUT2D eigenvalue weighted by atomic mass is 9.88. The van der Waals surface area contributed by atoms with Crippen molar-refractivity contribution in [1.82, 2.24) is 0 Å². The van der Waals surface area contributed by atoms with Crippen LogP contribution in [0.4, 0.5) is 0 Å². The van der Waals surface area contributed by atoms with Crippen molar-refractivity contribution in [2.24, 2.45) is 11.1 Å². The second kappa shape index (κ2) is 15.8. The summed E-state index contributed by atoms with van der Waals surface area (Å²) in [5.74, 6) is 0. The van der Waals surface area contributed by atoms with Crippen molar-refractivity contribution in [3.63, 3.8) is 0 Å². The second-order valence-corrected chi connectivity index (χ2v) is 4.52. The molecule has 7 heteroatoms. The lowest BCUT2D eigenvalue weighted by molar-refractivity contribution is 0.00304. The molecule has 120 valence electrons. The van der Waals surface area contributed by atoms with E-state index in [9.17, 15) is 0 Å². The Balaban J connectivity index is -0.000000219. The average molecular weight is 285 g/mol. The van der Waals surface area contributed by atoms with Crippen LogP contribution in [0.3, 0.4) is 0 Å². The first-order chi connectivity index (χ1) is 8.78. The smallest absolute Gasteiger partial charge is 0.0742 e. The van der Waals surface area contributed by atoms with Crippen molar-refractivity contribution in [2.75, 3.05) is 33.0 Å². The Morgan fingerprint density at radius 2 is 1.16 bits per heavy atom. The Kier molecular flexibility index (Phi) is 19.8. The summed E-state index contributed by atoms with van der Waals surface area (Å²) in [6.45, 7) is 4.58. The van der Waals surface area contributed by atoms with Crippen molar-refractivity contribution in [3.05, 3.63) is 0 Å². The maximum atomic E-state index is 8.66. The molecule has 0 aromatic heterocycles. The van der Waals surface area contributed by atoms with Gasteiger partial charge in [0.25, 0.3) is 0 Å². The molecule has 0 spiro atoms. The van der Waals surface area contributed by atoms with Gasteiger partial charge >= 0.3 is 0 Å². The molecule has 0 amide bonds. The van der Waals surface area contributed by atoms with Crippen molar-refractivity contribution < 1.29 is 30.6 Å². The zero-order valence-corrected chi connectivity index (χ0v) is 12.2. The van der Waals surface area contributed by atoms with Gasteiger partial charge in [-0.1, -0.05) is 6.92 Å². The highest BCUT2D eigenvalue weighted by Gasteiger charge is 2.24. The Morgan fingerprint density at radius 1 is 0.895 bits per heavy atom. The summed E-state index contributed by atoms with van der Waals surface area (Å²) in [5, 5.41) is 50.0. The van der Waals surface area contributed by atoms with Gasteiger partial charge in [0.2, 0.25) is 0 Å². The van der Waals surface area contributed by atoms with Gasteiger partial charge in [-0.2, -0.15) is 0 Å². The summed E-state index contributed by atoms with van der Waals surface area (Å²) in [4.78, 5) is 0. The quantitative estimate of drug-likeness (QED) is 0.300. The predicted octanol–water partition coefficient (Wildman–Crippen LogP) is -1.95. The summed E-state index contributed by atoms with van der Waals surface area (Å²) in [7, 11) is 0. The lowest BCUT2D eigenvalue weighted by Gasteiger charge is -2.24. The number of rotatable bonds is 6. The molecule has 0 fully saturated rings. The van der Waals surface area contributed by atoms with E-state index in [0.717, 1.165) is 0 Å². The van der Waals surface area contributed by atoms with Crippen LogP contribution in [0.2, 0.25) is 0 Å². The van der Waals surface area contributed by atoms with E-state index in [4.69, 9.17) is 36.4 Å². The van der Waals surface area contributed by atoms with Crippen molar-refractivity contribution in [2.45, 2.75) is 39.3 Å². The first-order valence-corrected chi connectivity index (χ1v) is 6.27. The highest BCUT2D eigenvalue weighted by Crippen LogP contribution is 2.18. The van der Waals surface area contributed by atoms with Crippen molar-refractivity contribution >= 4 is 0 Å². The van der Waals surface area contributed by atoms with Crippen LogP contribution in [0.5, 0.6) is 0 Å². The Morgan fingerprint density at radius 3 is 1.16 bits per heavy atom.